The summed E-state index contributed by atoms with van der Waals surface area (Å²) in [6, 6.07) is 0. The largest absolute Gasteiger partial charge is 0.481 e. The molecule has 2 rings (SSSR count). The molecule has 0 aliphatic heterocycles. The summed E-state index contributed by atoms with van der Waals surface area (Å²) in [4.78, 5) is 11.2. The molecule has 0 radical (unpaired) electrons. The van der Waals surface area contributed by atoms with Crippen LogP contribution in [0.15, 0.2) is 0 Å². The Morgan fingerprint density at radius 1 is 1.38 bits per heavy atom. The first-order chi connectivity index (χ1) is 7.61. The molecule has 88 valence electrons. The molecule has 1 aromatic heterocycles. The van der Waals surface area contributed by atoms with Gasteiger partial charge in [-0.3, -0.25) is 4.79 Å². The third-order valence-electron chi connectivity index (χ3n) is 3.54. The number of carbonyl (C=O) groups is 1. The standard InChI is InChI=1S/C11H17N3O2/c1-7-12-13-10(14(7)2)8-5-3-4-6-9(8)11(15)16/h8-9H,3-6H2,1-2H3,(H,15,16). The highest BCUT2D eigenvalue weighted by molar-refractivity contribution is 5.71. The van der Waals surface area contributed by atoms with Gasteiger partial charge in [0.2, 0.25) is 0 Å². The fraction of sp³-hybridized carbons (Fsp3) is 0.727. The number of rotatable bonds is 2. The summed E-state index contributed by atoms with van der Waals surface area (Å²) in [7, 11) is 1.90. The molecule has 2 atom stereocenters. The Bertz CT molecular complexity index is 400. The molecular formula is C11H17N3O2. The number of carboxylic acid groups (broad SMARTS) is 1. The first kappa shape index (κ1) is 11.1. The highest BCUT2D eigenvalue weighted by Gasteiger charge is 2.34. The van der Waals surface area contributed by atoms with Crippen molar-refractivity contribution in [2.24, 2.45) is 13.0 Å². The molecule has 0 spiro atoms. The molecule has 0 amide bonds. The van der Waals surface area contributed by atoms with Gasteiger partial charge in [-0.1, -0.05) is 12.8 Å². The average Bonchev–Trinajstić information content (AvgIpc) is 2.60. The van der Waals surface area contributed by atoms with Crippen LogP contribution in [0.2, 0.25) is 0 Å². The third kappa shape index (κ3) is 1.81. The predicted octanol–water partition coefficient (Wildman–Crippen LogP) is 1.48. The number of hydrogen-bond donors (Lipinski definition) is 1. The van der Waals surface area contributed by atoms with Crippen LogP contribution in [0, 0.1) is 12.8 Å². The fourth-order valence-corrected chi connectivity index (χ4v) is 2.48. The number of carboxylic acids is 1. The van der Waals surface area contributed by atoms with Gasteiger partial charge in [0.25, 0.3) is 0 Å². The summed E-state index contributed by atoms with van der Waals surface area (Å²) in [6.45, 7) is 1.88. The average molecular weight is 223 g/mol. The molecule has 1 aromatic rings. The normalized spacial score (nSPS) is 25.6. The van der Waals surface area contributed by atoms with Gasteiger partial charge in [0, 0.05) is 13.0 Å². The Morgan fingerprint density at radius 2 is 2.06 bits per heavy atom. The molecule has 1 aliphatic rings. The number of aromatic nitrogens is 3. The van der Waals surface area contributed by atoms with Gasteiger partial charge in [0.1, 0.15) is 11.6 Å². The Morgan fingerprint density at radius 3 is 2.62 bits per heavy atom. The van der Waals surface area contributed by atoms with E-state index in [2.05, 4.69) is 10.2 Å². The van der Waals surface area contributed by atoms with Crippen LogP contribution in [0.1, 0.15) is 43.3 Å². The van der Waals surface area contributed by atoms with Crippen molar-refractivity contribution < 1.29 is 9.90 Å². The van der Waals surface area contributed by atoms with Gasteiger partial charge < -0.3 is 9.67 Å². The van der Waals surface area contributed by atoms with E-state index in [1.54, 1.807) is 0 Å². The molecule has 1 saturated carbocycles. The smallest absolute Gasteiger partial charge is 0.307 e. The summed E-state index contributed by atoms with van der Waals surface area (Å²) in [6.07, 6.45) is 3.75. The van der Waals surface area contributed by atoms with Crippen molar-refractivity contribution in [2.75, 3.05) is 0 Å². The van der Waals surface area contributed by atoms with Crippen LogP contribution in [0.4, 0.5) is 0 Å². The molecule has 5 heteroatoms. The van der Waals surface area contributed by atoms with Crippen molar-refractivity contribution in [1.82, 2.24) is 14.8 Å². The quantitative estimate of drug-likeness (QED) is 0.824. The summed E-state index contributed by atoms with van der Waals surface area (Å²) in [5.74, 6) is 0.688. The van der Waals surface area contributed by atoms with Gasteiger partial charge in [-0.2, -0.15) is 0 Å². The SMILES string of the molecule is Cc1nnc(C2CCCCC2C(=O)O)n1C. The molecular weight excluding hydrogens is 206 g/mol. The highest BCUT2D eigenvalue weighted by Crippen LogP contribution is 2.36. The summed E-state index contributed by atoms with van der Waals surface area (Å²) in [5.41, 5.74) is 0. The zero-order valence-electron chi connectivity index (χ0n) is 9.68. The van der Waals surface area contributed by atoms with Crippen LogP contribution in [-0.4, -0.2) is 25.8 Å². The lowest BCUT2D eigenvalue weighted by Crippen LogP contribution is -2.27. The van der Waals surface area contributed by atoms with Crippen molar-refractivity contribution in [1.29, 1.82) is 0 Å². The maximum absolute atomic E-state index is 11.2. The summed E-state index contributed by atoms with van der Waals surface area (Å²) < 4.78 is 1.91. The Labute approximate surface area is 94.5 Å². The predicted molar refractivity (Wildman–Crippen MR) is 58.1 cm³/mol. The first-order valence-corrected chi connectivity index (χ1v) is 5.70. The van der Waals surface area contributed by atoms with E-state index in [9.17, 15) is 9.90 Å². The fourth-order valence-electron chi connectivity index (χ4n) is 2.48. The first-order valence-electron chi connectivity index (χ1n) is 5.70. The van der Waals surface area contributed by atoms with Gasteiger partial charge in [0.15, 0.2) is 0 Å². The van der Waals surface area contributed by atoms with Crippen LogP contribution in [0.5, 0.6) is 0 Å². The summed E-state index contributed by atoms with van der Waals surface area (Å²) in [5, 5.41) is 17.3. The second-order valence-electron chi connectivity index (χ2n) is 4.50. The van der Waals surface area contributed by atoms with Crippen LogP contribution in [0.3, 0.4) is 0 Å². The molecule has 16 heavy (non-hydrogen) atoms. The van der Waals surface area contributed by atoms with E-state index in [4.69, 9.17) is 0 Å². The van der Waals surface area contributed by atoms with E-state index >= 15 is 0 Å². The molecule has 2 unspecified atom stereocenters. The molecule has 0 bridgehead atoms. The van der Waals surface area contributed by atoms with Crippen LogP contribution in [0.25, 0.3) is 0 Å². The molecule has 0 saturated heterocycles. The third-order valence-corrected chi connectivity index (χ3v) is 3.54. The topological polar surface area (TPSA) is 68.0 Å². The second-order valence-corrected chi connectivity index (χ2v) is 4.50. The van der Waals surface area contributed by atoms with E-state index in [0.29, 0.717) is 0 Å². The minimum Gasteiger partial charge on any atom is -0.481 e. The maximum Gasteiger partial charge on any atom is 0.307 e. The minimum absolute atomic E-state index is 0.0254. The molecule has 1 N–H and O–H groups in total. The van der Waals surface area contributed by atoms with Gasteiger partial charge in [-0.25, -0.2) is 0 Å². The molecule has 1 heterocycles. The zero-order valence-corrected chi connectivity index (χ0v) is 9.68. The monoisotopic (exact) mass is 223 g/mol. The second kappa shape index (κ2) is 4.23. The van der Waals surface area contributed by atoms with Crippen molar-refractivity contribution >= 4 is 5.97 Å². The van der Waals surface area contributed by atoms with E-state index < -0.39 is 5.97 Å². The van der Waals surface area contributed by atoms with Crippen molar-refractivity contribution in [2.45, 2.75) is 38.5 Å². The highest BCUT2D eigenvalue weighted by atomic mass is 16.4. The van der Waals surface area contributed by atoms with Crippen LogP contribution < -0.4 is 0 Å². The van der Waals surface area contributed by atoms with Gasteiger partial charge in [-0.15, -0.1) is 10.2 Å². The zero-order chi connectivity index (χ0) is 11.7. The van der Waals surface area contributed by atoms with Crippen LogP contribution in [-0.2, 0) is 11.8 Å². The number of aliphatic carboxylic acids is 1. The molecule has 1 fully saturated rings. The number of aryl methyl sites for hydroxylation is 1. The van der Waals surface area contributed by atoms with Gasteiger partial charge >= 0.3 is 5.97 Å². The molecule has 1 aliphatic carbocycles. The van der Waals surface area contributed by atoms with E-state index in [1.807, 2.05) is 18.5 Å². The number of hydrogen-bond acceptors (Lipinski definition) is 3. The molecule has 0 aromatic carbocycles. The molecule has 5 nitrogen and oxygen atoms in total. The van der Waals surface area contributed by atoms with Gasteiger partial charge in [0.05, 0.1) is 5.92 Å². The number of nitrogens with zero attached hydrogens (tertiary/aromatic N) is 3. The minimum atomic E-state index is -0.703. The van der Waals surface area contributed by atoms with Crippen molar-refractivity contribution in [3.8, 4) is 0 Å². The van der Waals surface area contributed by atoms with Crippen LogP contribution >= 0.6 is 0 Å². The lowest BCUT2D eigenvalue weighted by atomic mass is 9.79. The van der Waals surface area contributed by atoms with Crippen molar-refractivity contribution in [3.05, 3.63) is 11.6 Å². The van der Waals surface area contributed by atoms with E-state index in [0.717, 1.165) is 37.3 Å². The Hall–Kier alpha value is -1.39. The van der Waals surface area contributed by atoms with Crippen molar-refractivity contribution in [3.63, 3.8) is 0 Å². The van der Waals surface area contributed by atoms with Gasteiger partial charge in [-0.05, 0) is 19.8 Å². The summed E-state index contributed by atoms with van der Waals surface area (Å²) >= 11 is 0. The van der Waals surface area contributed by atoms with E-state index in [-0.39, 0.29) is 11.8 Å². The Kier molecular flexibility index (Phi) is 2.94. The maximum atomic E-state index is 11.2. The Balaban J connectivity index is 2.30. The van der Waals surface area contributed by atoms with E-state index in [1.165, 1.54) is 0 Å². The lowest BCUT2D eigenvalue weighted by molar-refractivity contribution is -0.143. The lowest BCUT2D eigenvalue weighted by Gasteiger charge is -2.27.